The van der Waals surface area contributed by atoms with Crippen LogP contribution >= 0.6 is 0 Å². The molecule has 0 aromatic heterocycles. The molecule has 0 N–H and O–H groups in total. The lowest BCUT2D eigenvalue weighted by molar-refractivity contribution is 0.262. The maximum absolute atomic E-state index is 11.8. The third-order valence-corrected chi connectivity index (χ3v) is 10.5. The molecular formula is C14H32O4SSi. The van der Waals surface area contributed by atoms with Crippen LogP contribution in [-0.4, -0.2) is 23.3 Å². The van der Waals surface area contributed by atoms with E-state index in [1.165, 1.54) is 19.3 Å². The number of hydrogen-bond acceptors (Lipinski definition) is 4. The fourth-order valence-electron chi connectivity index (χ4n) is 2.21. The first kappa shape index (κ1) is 20.1. The van der Waals surface area contributed by atoms with Crippen LogP contribution in [0.25, 0.3) is 0 Å². The third kappa shape index (κ3) is 8.39. The molecule has 20 heavy (non-hydrogen) atoms. The van der Waals surface area contributed by atoms with Crippen LogP contribution in [0.1, 0.15) is 66.2 Å². The molecule has 0 aliphatic carbocycles. The summed E-state index contributed by atoms with van der Waals surface area (Å²) in [4.78, 5) is 0. The predicted octanol–water partition coefficient (Wildman–Crippen LogP) is 4.63. The van der Waals surface area contributed by atoms with Gasteiger partial charge in [0.1, 0.15) is 0 Å². The Hall–Kier alpha value is 0.0869. The van der Waals surface area contributed by atoms with E-state index in [2.05, 4.69) is 6.92 Å². The summed E-state index contributed by atoms with van der Waals surface area (Å²) in [6.45, 7) is 8.43. The smallest absolute Gasteiger partial charge is 0.293 e. The molecule has 0 atom stereocenters. The summed E-state index contributed by atoms with van der Waals surface area (Å²) in [6, 6.07) is 2.42. The zero-order valence-corrected chi connectivity index (χ0v) is 15.4. The van der Waals surface area contributed by atoms with Gasteiger partial charge in [-0.1, -0.05) is 59.8 Å². The molecule has 0 fully saturated rings. The van der Waals surface area contributed by atoms with Gasteiger partial charge in [-0.05, 0) is 24.6 Å². The molecule has 0 saturated carbocycles. The highest BCUT2D eigenvalue weighted by Crippen LogP contribution is 2.24. The normalized spacial score (nSPS) is 12.8. The van der Waals surface area contributed by atoms with Gasteiger partial charge in [0, 0.05) is 0 Å². The Kier molecular flexibility index (Phi) is 10.8. The lowest BCUT2D eigenvalue weighted by atomic mass is 10.1. The molecule has 6 heteroatoms. The molecule has 0 spiro atoms. The van der Waals surface area contributed by atoms with Gasteiger partial charge in [0.25, 0.3) is 0 Å². The molecule has 0 heterocycles. The zero-order chi connectivity index (χ0) is 15.5. The van der Waals surface area contributed by atoms with Crippen molar-refractivity contribution in [2.75, 3.05) is 6.61 Å². The first-order valence-electron chi connectivity index (χ1n) is 8.05. The first-order valence-corrected chi connectivity index (χ1v) is 11.9. The van der Waals surface area contributed by atoms with Gasteiger partial charge in [-0.25, -0.2) is 4.18 Å². The van der Waals surface area contributed by atoms with Crippen molar-refractivity contribution in [3.8, 4) is 0 Å². The molecule has 0 unspecified atom stereocenters. The van der Waals surface area contributed by atoms with Crippen LogP contribution in [0.4, 0.5) is 0 Å². The minimum Gasteiger partial charge on any atom is -0.293 e. The van der Waals surface area contributed by atoms with Crippen LogP contribution in [0.15, 0.2) is 0 Å². The lowest BCUT2D eigenvalue weighted by Gasteiger charge is -2.26. The maximum Gasteiger partial charge on any atom is 0.390 e. The quantitative estimate of drug-likeness (QED) is 0.366. The highest BCUT2D eigenvalue weighted by Gasteiger charge is 2.35. The van der Waals surface area contributed by atoms with E-state index in [0.29, 0.717) is 0 Å². The van der Waals surface area contributed by atoms with Crippen molar-refractivity contribution in [3.63, 3.8) is 0 Å². The van der Waals surface area contributed by atoms with E-state index in [1.807, 2.05) is 20.8 Å². The Bertz CT molecular complexity index is 318. The van der Waals surface area contributed by atoms with Crippen molar-refractivity contribution >= 4 is 18.7 Å². The monoisotopic (exact) mass is 324 g/mol. The highest BCUT2D eigenvalue weighted by molar-refractivity contribution is 7.83. The summed E-state index contributed by atoms with van der Waals surface area (Å²) in [7, 11) is -5.96. The Balaban J connectivity index is 4.01. The minimum absolute atomic E-state index is 0.246. The number of hydrogen-bond donors (Lipinski definition) is 0. The van der Waals surface area contributed by atoms with Crippen LogP contribution in [-0.2, 0) is 18.5 Å². The molecule has 122 valence electrons. The highest BCUT2D eigenvalue weighted by atomic mass is 32.3. The molecule has 0 amide bonds. The van der Waals surface area contributed by atoms with Gasteiger partial charge < -0.3 is 0 Å². The van der Waals surface area contributed by atoms with Crippen molar-refractivity contribution in [2.24, 2.45) is 0 Å². The molecule has 0 radical (unpaired) electrons. The van der Waals surface area contributed by atoms with Gasteiger partial charge in [0.15, 0.2) is 0 Å². The Morgan fingerprint density at radius 1 is 0.800 bits per heavy atom. The summed E-state index contributed by atoms with van der Waals surface area (Å²) in [6.07, 6.45) is 6.64. The molecule has 0 aromatic carbocycles. The Morgan fingerprint density at radius 2 is 1.30 bits per heavy atom. The van der Waals surface area contributed by atoms with Gasteiger partial charge in [0.2, 0.25) is 8.32 Å². The average molecular weight is 325 g/mol. The van der Waals surface area contributed by atoms with E-state index in [1.54, 1.807) is 0 Å². The number of rotatable bonds is 13. The SMILES string of the molecule is CCCCCCCCOS(=O)(=O)O[Si](CC)(CC)CC. The van der Waals surface area contributed by atoms with E-state index < -0.39 is 18.7 Å². The summed E-state index contributed by atoms with van der Waals surface area (Å²) >= 11 is 0. The third-order valence-electron chi connectivity index (χ3n) is 3.94. The van der Waals surface area contributed by atoms with E-state index in [4.69, 9.17) is 8.06 Å². The zero-order valence-electron chi connectivity index (χ0n) is 13.6. The molecule has 0 bridgehead atoms. The maximum atomic E-state index is 11.8. The second-order valence-corrected chi connectivity index (χ2v) is 11.5. The standard InChI is InChI=1S/C14H32O4SSi/c1-5-9-10-11-12-13-14-17-19(15,16)18-20(6-2,7-3)8-4/h5-14H2,1-4H3. The minimum atomic E-state index is -3.81. The predicted molar refractivity (Wildman–Crippen MR) is 86.5 cm³/mol. The van der Waals surface area contributed by atoms with Crippen LogP contribution in [0.5, 0.6) is 0 Å². The van der Waals surface area contributed by atoms with Crippen molar-refractivity contribution < 1.29 is 16.5 Å². The molecule has 0 aliphatic rings. The largest absolute Gasteiger partial charge is 0.390 e. The summed E-state index contributed by atoms with van der Waals surface area (Å²) in [5.41, 5.74) is 0. The summed E-state index contributed by atoms with van der Waals surface area (Å²) < 4.78 is 34.1. The second kappa shape index (κ2) is 10.8. The van der Waals surface area contributed by atoms with Gasteiger partial charge in [-0.15, -0.1) is 0 Å². The topological polar surface area (TPSA) is 52.6 Å². The van der Waals surface area contributed by atoms with Gasteiger partial charge >= 0.3 is 10.4 Å². The Morgan fingerprint density at radius 3 is 1.80 bits per heavy atom. The first-order chi connectivity index (χ1) is 9.45. The molecular weight excluding hydrogens is 292 g/mol. The average Bonchev–Trinajstić information content (AvgIpc) is 2.44. The van der Waals surface area contributed by atoms with Gasteiger partial charge in [0.05, 0.1) is 6.61 Å². The fourth-order valence-corrected chi connectivity index (χ4v) is 7.37. The van der Waals surface area contributed by atoms with Gasteiger partial charge in [-0.3, -0.25) is 3.87 Å². The van der Waals surface area contributed by atoms with Gasteiger partial charge in [-0.2, -0.15) is 8.42 Å². The van der Waals surface area contributed by atoms with Crippen LogP contribution in [0.2, 0.25) is 18.1 Å². The lowest BCUT2D eigenvalue weighted by Crippen LogP contribution is -2.38. The van der Waals surface area contributed by atoms with E-state index >= 15 is 0 Å². The van der Waals surface area contributed by atoms with Crippen LogP contribution in [0.3, 0.4) is 0 Å². The number of unbranched alkanes of at least 4 members (excludes halogenated alkanes) is 5. The second-order valence-electron chi connectivity index (χ2n) is 5.32. The molecule has 0 aromatic rings. The van der Waals surface area contributed by atoms with E-state index in [9.17, 15) is 8.42 Å². The Labute approximate surface area is 126 Å². The van der Waals surface area contributed by atoms with Crippen LogP contribution < -0.4 is 0 Å². The summed E-state index contributed by atoms with van der Waals surface area (Å²) in [5.74, 6) is 0. The van der Waals surface area contributed by atoms with E-state index in [0.717, 1.165) is 37.4 Å². The summed E-state index contributed by atoms with van der Waals surface area (Å²) in [5, 5.41) is 0. The molecule has 0 rings (SSSR count). The van der Waals surface area contributed by atoms with Crippen LogP contribution in [0, 0.1) is 0 Å². The van der Waals surface area contributed by atoms with E-state index in [-0.39, 0.29) is 6.61 Å². The molecule has 0 saturated heterocycles. The van der Waals surface area contributed by atoms with Crippen molar-refractivity contribution in [3.05, 3.63) is 0 Å². The fraction of sp³-hybridized carbons (Fsp3) is 1.00. The molecule has 4 nitrogen and oxygen atoms in total. The van der Waals surface area contributed by atoms with Crippen molar-refractivity contribution in [1.29, 1.82) is 0 Å². The molecule has 0 aliphatic heterocycles. The van der Waals surface area contributed by atoms with Crippen molar-refractivity contribution in [2.45, 2.75) is 84.4 Å². The van der Waals surface area contributed by atoms with Crippen molar-refractivity contribution in [1.82, 2.24) is 0 Å².